The zero-order valence-corrected chi connectivity index (χ0v) is 18.3. The van der Waals surface area contributed by atoms with Crippen molar-refractivity contribution in [3.63, 3.8) is 0 Å². The van der Waals surface area contributed by atoms with E-state index in [9.17, 15) is 9.90 Å². The molecule has 29 heavy (non-hydrogen) atoms. The van der Waals surface area contributed by atoms with E-state index in [2.05, 4.69) is 18.7 Å². The Kier molecular flexibility index (Phi) is 7.19. The second kappa shape index (κ2) is 9.45. The lowest BCUT2D eigenvalue weighted by atomic mass is 9.76. The minimum absolute atomic E-state index is 0.0648. The summed E-state index contributed by atoms with van der Waals surface area (Å²) in [5.74, 6) is -0.00273. The summed E-state index contributed by atoms with van der Waals surface area (Å²) in [6, 6.07) is 5.66. The highest BCUT2D eigenvalue weighted by Gasteiger charge is 2.43. The monoisotopic (exact) mass is 404 g/mol. The molecular weight excluding hydrogens is 368 g/mol. The SMILES string of the molecule is COCCN(CC1CC2(CCN(C(=O)c3cc(C)ccc3O)CC2)CO1)C(C)C. The summed E-state index contributed by atoms with van der Waals surface area (Å²) in [7, 11) is 1.74. The van der Waals surface area contributed by atoms with Gasteiger partial charge in [-0.05, 0) is 57.6 Å². The molecule has 1 aromatic rings. The molecule has 0 saturated carbocycles. The number of aryl methyl sites for hydroxylation is 1. The topological polar surface area (TPSA) is 62.2 Å². The van der Waals surface area contributed by atoms with Crippen molar-refractivity contribution in [2.24, 2.45) is 5.41 Å². The molecule has 162 valence electrons. The highest BCUT2D eigenvalue weighted by atomic mass is 16.5. The van der Waals surface area contributed by atoms with Gasteiger partial charge < -0.3 is 19.5 Å². The summed E-state index contributed by atoms with van der Waals surface area (Å²) in [5, 5.41) is 10.1. The number of piperidine rings is 1. The molecule has 1 unspecified atom stereocenters. The number of methoxy groups -OCH3 is 1. The summed E-state index contributed by atoms with van der Waals surface area (Å²) < 4.78 is 11.4. The number of phenols is 1. The Labute approximate surface area is 174 Å². The second-order valence-corrected chi connectivity index (χ2v) is 9.03. The van der Waals surface area contributed by atoms with Gasteiger partial charge in [-0.15, -0.1) is 0 Å². The average molecular weight is 405 g/mol. The third-order valence-corrected chi connectivity index (χ3v) is 6.53. The summed E-state index contributed by atoms with van der Waals surface area (Å²) in [5.41, 5.74) is 1.57. The number of hydrogen-bond donors (Lipinski definition) is 1. The lowest BCUT2D eigenvalue weighted by molar-refractivity contribution is 0.0365. The maximum atomic E-state index is 12.9. The summed E-state index contributed by atoms with van der Waals surface area (Å²) in [6.07, 6.45) is 3.22. The molecular formula is C23H36N2O4. The molecule has 1 amide bonds. The highest BCUT2D eigenvalue weighted by Crippen LogP contribution is 2.42. The maximum absolute atomic E-state index is 12.9. The molecule has 0 aliphatic carbocycles. The van der Waals surface area contributed by atoms with Crippen LogP contribution in [0.25, 0.3) is 0 Å². The van der Waals surface area contributed by atoms with Crippen LogP contribution in [0.15, 0.2) is 18.2 Å². The molecule has 6 heteroatoms. The number of likely N-dealkylation sites (tertiary alicyclic amines) is 1. The first-order valence-electron chi connectivity index (χ1n) is 10.8. The molecule has 2 fully saturated rings. The fourth-order valence-corrected chi connectivity index (χ4v) is 4.57. The Bertz CT molecular complexity index is 698. The molecule has 6 nitrogen and oxygen atoms in total. The Morgan fingerprint density at radius 3 is 2.76 bits per heavy atom. The molecule has 2 aliphatic rings. The van der Waals surface area contributed by atoms with Gasteiger partial charge in [-0.3, -0.25) is 9.69 Å². The fourth-order valence-electron chi connectivity index (χ4n) is 4.57. The molecule has 0 aromatic heterocycles. The van der Waals surface area contributed by atoms with E-state index in [0.717, 1.165) is 64.2 Å². The van der Waals surface area contributed by atoms with E-state index in [0.29, 0.717) is 11.6 Å². The molecule has 2 heterocycles. The lowest BCUT2D eigenvalue weighted by Crippen LogP contribution is -2.44. The molecule has 0 radical (unpaired) electrons. The van der Waals surface area contributed by atoms with Crippen LogP contribution >= 0.6 is 0 Å². The van der Waals surface area contributed by atoms with E-state index < -0.39 is 0 Å². The third-order valence-electron chi connectivity index (χ3n) is 6.53. The van der Waals surface area contributed by atoms with Crippen LogP contribution in [-0.4, -0.2) is 79.5 Å². The number of phenolic OH excluding ortho intramolecular Hbond substituents is 1. The minimum Gasteiger partial charge on any atom is -0.507 e. The second-order valence-electron chi connectivity index (χ2n) is 9.03. The number of rotatable bonds is 7. The Hall–Kier alpha value is -1.63. The van der Waals surface area contributed by atoms with Gasteiger partial charge in [-0.25, -0.2) is 0 Å². The van der Waals surface area contributed by atoms with E-state index in [4.69, 9.17) is 9.47 Å². The van der Waals surface area contributed by atoms with Crippen LogP contribution in [0.3, 0.4) is 0 Å². The van der Waals surface area contributed by atoms with Crippen LogP contribution < -0.4 is 0 Å². The maximum Gasteiger partial charge on any atom is 0.257 e. The van der Waals surface area contributed by atoms with Crippen molar-refractivity contribution in [2.75, 3.05) is 46.5 Å². The zero-order chi connectivity index (χ0) is 21.0. The summed E-state index contributed by atoms with van der Waals surface area (Å²) >= 11 is 0. The first-order valence-corrected chi connectivity index (χ1v) is 10.8. The molecule has 2 aliphatic heterocycles. The van der Waals surface area contributed by atoms with E-state index in [1.54, 1.807) is 19.2 Å². The van der Waals surface area contributed by atoms with Gasteiger partial charge >= 0.3 is 0 Å². The van der Waals surface area contributed by atoms with Gasteiger partial charge in [-0.2, -0.15) is 0 Å². The van der Waals surface area contributed by atoms with E-state index >= 15 is 0 Å². The number of aromatic hydroxyl groups is 1. The number of ether oxygens (including phenoxy) is 2. The zero-order valence-electron chi connectivity index (χ0n) is 18.3. The summed E-state index contributed by atoms with van der Waals surface area (Å²) in [4.78, 5) is 17.2. The first-order chi connectivity index (χ1) is 13.8. The van der Waals surface area contributed by atoms with Crippen molar-refractivity contribution >= 4 is 5.91 Å². The first kappa shape index (κ1) is 22.1. The van der Waals surface area contributed by atoms with Crippen molar-refractivity contribution in [2.45, 2.75) is 52.2 Å². The molecule has 2 saturated heterocycles. The normalized spacial score (nSPS) is 21.4. The Morgan fingerprint density at radius 1 is 1.38 bits per heavy atom. The van der Waals surface area contributed by atoms with Crippen molar-refractivity contribution in [3.05, 3.63) is 29.3 Å². The number of nitrogens with zero attached hydrogens (tertiary/aromatic N) is 2. The number of amides is 1. The van der Waals surface area contributed by atoms with Crippen LogP contribution in [0.2, 0.25) is 0 Å². The smallest absolute Gasteiger partial charge is 0.257 e. The van der Waals surface area contributed by atoms with Crippen LogP contribution in [0.4, 0.5) is 0 Å². The van der Waals surface area contributed by atoms with Crippen molar-refractivity contribution in [1.29, 1.82) is 0 Å². The van der Waals surface area contributed by atoms with Crippen molar-refractivity contribution < 1.29 is 19.4 Å². The highest BCUT2D eigenvalue weighted by molar-refractivity contribution is 5.97. The molecule has 3 rings (SSSR count). The number of benzene rings is 1. The van der Waals surface area contributed by atoms with Crippen molar-refractivity contribution in [3.8, 4) is 5.75 Å². The lowest BCUT2D eigenvalue weighted by Gasteiger charge is -2.38. The van der Waals surface area contributed by atoms with Crippen LogP contribution in [0.1, 0.15) is 49.0 Å². The third kappa shape index (κ3) is 5.30. The standard InChI is InChI=1S/C23H36N2O4/c1-17(2)25(11-12-28-4)15-19-14-23(16-29-19)7-9-24(10-8-23)22(27)20-13-18(3)5-6-21(20)26/h5-6,13,17,19,26H,7-12,14-16H2,1-4H3. The Balaban J connectivity index is 1.55. The molecule has 1 spiro atoms. The van der Waals surface area contributed by atoms with Gasteiger partial charge in [0.25, 0.3) is 5.91 Å². The van der Waals surface area contributed by atoms with Crippen LogP contribution in [-0.2, 0) is 9.47 Å². The van der Waals surface area contributed by atoms with Gasteiger partial charge in [-0.1, -0.05) is 11.6 Å². The molecule has 1 atom stereocenters. The van der Waals surface area contributed by atoms with Crippen molar-refractivity contribution in [1.82, 2.24) is 9.80 Å². The van der Waals surface area contributed by atoms with E-state index in [-0.39, 0.29) is 23.2 Å². The van der Waals surface area contributed by atoms with Gasteiger partial charge in [0.1, 0.15) is 5.75 Å². The van der Waals surface area contributed by atoms with E-state index in [1.165, 1.54) is 0 Å². The molecule has 1 N–H and O–H groups in total. The minimum atomic E-state index is -0.0675. The fraction of sp³-hybridized carbons (Fsp3) is 0.696. The van der Waals surface area contributed by atoms with E-state index in [1.807, 2.05) is 17.9 Å². The predicted molar refractivity (Wildman–Crippen MR) is 113 cm³/mol. The predicted octanol–water partition coefficient (Wildman–Crippen LogP) is 3.07. The summed E-state index contributed by atoms with van der Waals surface area (Å²) in [6.45, 7) is 11.2. The largest absolute Gasteiger partial charge is 0.507 e. The number of hydrogen-bond acceptors (Lipinski definition) is 5. The van der Waals surface area contributed by atoms with Gasteiger partial charge in [0.05, 0.1) is 24.9 Å². The van der Waals surface area contributed by atoms with Crippen LogP contribution in [0, 0.1) is 12.3 Å². The van der Waals surface area contributed by atoms with Gasteiger partial charge in [0.2, 0.25) is 0 Å². The Morgan fingerprint density at radius 2 is 2.10 bits per heavy atom. The molecule has 1 aromatic carbocycles. The number of carbonyl (C=O) groups excluding carboxylic acids is 1. The quantitative estimate of drug-likeness (QED) is 0.757. The molecule has 0 bridgehead atoms. The van der Waals surface area contributed by atoms with Crippen LogP contribution in [0.5, 0.6) is 5.75 Å². The van der Waals surface area contributed by atoms with Gasteiger partial charge in [0, 0.05) is 39.3 Å². The number of carbonyl (C=O) groups is 1. The average Bonchev–Trinajstić information content (AvgIpc) is 3.09. The van der Waals surface area contributed by atoms with Gasteiger partial charge in [0.15, 0.2) is 0 Å².